The van der Waals surface area contributed by atoms with Gasteiger partial charge in [0.1, 0.15) is 17.9 Å². The lowest BCUT2D eigenvalue weighted by molar-refractivity contribution is 0.0992. The second-order valence-corrected chi connectivity index (χ2v) is 7.11. The van der Waals surface area contributed by atoms with E-state index < -0.39 is 11.7 Å². The van der Waals surface area contributed by atoms with E-state index in [2.05, 4.69) is 20.3 Å². The zero-order valence-corrected chi connectivity index (χ0v) is 15.8. The summed E-state index contributed by atoms with van der Waals surface area (Å²) in [4.78, 5) is 18.7. The second-order valence-electron chi connectivity index (χ2n) is 6.70. The molecule has 0 spiro atoms. The molecule has 3 heterocycles. The van der Waals surface area contributed by atoms with Gasteiger partial charge in [0, 0.05) is 5.02 Å². The molecule has 1 N–H and O–H groups in total. The number of likely N-dealkylation sites (tertiary alicyclic amines) is 1. The highest BCUT2D eigenvalue weighted by molar-refractivity contribution is 6.31. The number of amides is 1. The van der Waals surface area contributed by atoms with Gasteiger partial charge < -0.3 is 4.42 Å². The molecule has 1 fully saturated rings. The molecule has 28 heavy (non-hydrogen) atoms. The number of furan rings is 1. The fourth-order valence-electron chi connectivity index (χ4n) is 3.16. The minimum Gasteiger partial charge on any atom is -0.455 e. The van der Waals surface area contributed by atoms with Crippen molar-refractivity contribution < 1.29 is 13.6 Å². The molecular formula is C19H19ClFN5O2. The highest BCUT2D eigenvalue weighted by atomic mass is 35.5. The predicted octanol–water partition coefficient (Wildman–Crippen LogP) is 3.56. The lowest BCUT2D eigenvalue weighted by Crippen LogP contribution is -2.18. The quantitative estimate of drug-likeness (QED) is 0.681. The third-order valence-corrected chi connectivity index (χ3v) is 4.92. The molecule has 0 radical (unpaired) electrons. The van der Waals surface area contributed by atoms with E-state index in [1.807, 2.05) is 6.07 Å². The van der Waals surface area contributed by atoms with Crippen LogP contribution in [-0.2, 0) is 13.1 Å². The van der Waals surface area contributed by atoms with Crippen LogP contribution in [0, 0.1) is 5.82 Å². The van der Waals surface area contributed by atoms with Crippen molar-refractivity contribution in [2.75, 3.05) is 18.4 Å². The van der Waals surface area contributed by atoms with Crippen molar-refractivity contribution in [2.24, 2.45) is 0 Å². The largest absolute Gasteiger partial charge is 0.455 e. The Morgan fingerprint density at radius 3 is 2.82 bits per heavy atom. The van der Waals surface area contributed by atoms with Crippen molar-refractivity contribution in [1.82, 2.24) is 19.7 Å². The summed E-state index contributed by atoms with van der Waals surface area (Å²) < 4.78 is 20.3. The molecule has 7 nitrogen and oxygen atoms in total. The third kappa shape index (κ3) is 4.40. The van der Waals surface area contributed by atoms with E-state index in [-0.39, 0.29) is 11.7 Å². The number of aromatic nitrogens is 3. The van der Waals surface area contributed by atoms with Crippen LogP contribution < -0.4 is 5.32 Å². The van der Waals surface area contributed by atoms with Crippen molar-refractivity contribution in [1.29, 1.82) is 0 Å². The number of carbonyl (C=O) groups is 1. The summed E-state index contributed by atoms with van der Waals surface area (Å²) in [6.45, 7) is 3.13. The van der Waals surface area contributed by atoms with Crippen LogP contribution in [-0.4, -0.2) is 38.7 Å². The van der Waals surface area contributed by atoms with E-state index >= 15 is 0 Å². The zero-order chi connectivity index (χ0) is 19.5. The molecule has 146 valence electrons. The first-order chi connectivity index (χ1) is 13.6. The number of hydrogen-bond donors (Lipinski definition) is 1. The van der Waals surface area contributed by atoms with Crippen LogP contribution in [0.2, 0.25) is 5.02 Å². The Bertz CT molecular complexity index is 980. The standard InChI is InChI=1S/C19H19ClFN5O2/c20-16-9-14(21)4-3-13(16)10-26-12-22-19(24-26)23-18(27)17-6-5-15(28-17)11-25-7-1-2-8-25/h3-6,9,12H,1-2,7-8,10-11H2,(H,23,24,27). The summed E-state index contributed by atoms with van der Waals surface area (Å²) in [6, 6.07) is 7.62. The van der Waals surface area contributed by atoms with Gasteiger partial charge in [-0.25, -0.2) is 14.1 Å². The highest BCUT2D eigenvalue weighted by Crippen LogP contribution is 2.19. The number of carbonyl (C=O) groups excluding carboxylic acids is 1. The molecule has 3 aromatic rings. The van der Waals surface area contributed by atoms with Gasteiger partial charge in [0.25, 0.3) is 5.91 Å². The van der Waals surface area contributed by atoms with Gasteiger partial charge in [-0.05, 0) is 55.8 Å². The first-order valence-electron chi connectivity index (χ1n) is 9.02. The SMILES string of the molecule is O=C(Nc1ncn(Cc2ccc(F)cc2Cl)n1)c1ccc(CN2CCCC2)o1. The monoisotopic (exact) mass is 403 g/mol. The van der Waals surface area contributed by atoms with Crippen LogP contribution in [0.15, 0.2) is 41.1 Å². The minimum absolute atomic E-state index is 0.153. The Kier molecular flexibility index (Phi) is 5.40. The zero-order valence-electron chi connectivity index (χ0n) is 15.1. The van der Waals surface area contributed by atoms with E-state index in [1.165, 1.54) is 36.0 Å². The summed E-state index contributed by atoms with van der Waals surface area (Å²) in [5, 5.41) is 7.12. The van der Waals surface area contributed by atoms with E-state index in [1.54, 1.807) is 12.1 Å². The molecule has 9 heteroatoms. The lowest BCUT2D eigenvalue weighted by atomic mass is 10.2. The number of rotatable bonds is 6. The van der Waals surface area contributed by atoms with Crippen LogP contribution in [0.3, 0.4) is 0 Å². The molecule has 1 aromatic carbocycles. The van der Waals surface area contributed by atoms with Crippen molar-refractivity contribution in [3.63, 3.8) is 0 Å². The van der Waals surface area contributed by atoms with Gasteiger partial charge in [-0.2, -0.15) is 0 Å². The van der Waals surface area contributed by atoms with Gasteiger partial charge in [-0.3, -0.25) is 15.0 Å². The maximum absolute atomic E-state index is 13.1. The molecule has 1 saturated heterocycles. The Morgan fingerprint density at radius 2 is 2.04 bits per heavy atom. The van der Waals surface area contributed by atoms with Crippen molar-refractivity contribution in [3.05, 3.63) is 64.6 Å². The first-order valence-corrected chi connectivity index (χ1v) is 9.40. The first kappa shape index (κ1) is 18.6. The van der Waals surface area contributed by atoms with E-state index in [9.17, 15) is 9.18 Å². The van der Waals surface area contributed by atoms with E-state index in [0.29, 0.717) is 23.7 Å². The van der Waals surface area contributed by atoms with Crippen LogP contribution in [0.1, 0.15) is 34.7 Å². The Labute approximate surface area is 166 Å². The molecule has 4 rings (SSSR count). The number of benzene rings is 1. The highest BCUT2D eigenvalue weighted by Gasteiger charge is 2.17. The van der Waals surface area contributed by atoms with Crippen LogP contribution in [0.5, 0.6) is 0 Å². The maximum Gasteiger partial charge on any atom is 0.293 e. The summed E-state index contributed by atoms with van der Waals surface area (Å²) in [5.74, 6) is 0.317. The summed E-state index contributed by atoms with van der Waals surface area (Å²) in [5.41, 5.74) is 0.698. The van der Waals surface area contributed by atoms with Gasteiger partial charge in [-0.15, -0.1) is 5.10 Å². The van der Waals surface area contributed by atoms with E-state index in [0.717, 1.165) is 18.8 Å². The van der Waals surface area contributed by atoms with Gasteiger partial charge in [0.2, 0.25) is 5.95 Å². The number of halogens is 2. The van der Waals surface area contributed by atoms with Gasteiger partial charge in [0.15, 0.2) is 5.76 Å². The number of anilines is 1. The molecule has 0 aliphatic carbocycles. The molecule has 2 aromatic heterocycles. The number of nitrogens with zero attached hydrogens (tertiary/aromatic N) is 4. The molecule has 1 aliphatic heterocycles. The van der Waals surface area contributed by atoms with Crippen LogP contribution in [0.25, 0.3) is 0 Å². The Morgan fingerprint density at radius 1 is 1.21 bits per heavy atom. The number of nitrogens with one attached hydrogen (secondary N) is 1. The fraction of sp³-hybridized carbons (Fsp3) is 0.316. The van der Waals surface area contributed by atoms with Gasteiger partial charge >= 0.3 is 0 Å². The molecule has 0 saturated carbocycles. The summed E-state index contributed by atoms with van der Waals surface area (Å²) >= 11 is 6.03. The molecule has 0 atom stereocenters. The molecule has 0 bridgehead atoms. The molecular weight excluding hydrogens is 385 g/mol. The van der Waals surface area contributed by atoms with Crippen LogP contribution in [0.4, 0.5) is 10.3 Å². The maximum atomic E-state index is 13.1. The topological polar surface area (TPSA) is 76.2 Å². The average molecular weight is 404 g/mol. The number of hydrogen-bond acceptors (Lipinski definition) is 5. The second kappa shape index (κ2) is 8.12. The minimum atomic E-state index is -0.412. The molecule has 1 aliphatic rings. The van der Waals surface area contributed by atoms with E-state index in [4.69, 9.17) is 16.0 Å². The van der Waals surface area contributed by atoms with Crippen molar-refractivity contribution in [3.8, 4) is 0 Å². The van der Waals surface area contributed by atoms with Gasteiger partial charge in [-0.1, -0.05) is 17.7 Å². The third-order valence-electron chi connectivity index (χ3n) is 4.57. The summed E-state index contributed by atoms with van der Waals surface area (Å²) in [7, 11) is 0. The smallest absolute Gasteiger partial charge is 0.293 e. The van der Waals surface area contributed by atoms with Crippen molar-refractivity contribution >= 4 is 23.5 Å². The lowest BCUT2D eigenvalue weighted by Gasteiger charge is -2.11. The molecule has 1 amide bonds. The molecule has 0 unspecified atom stereocenters. The Hall–Kier alpha value is -2.71. The van der Waals surface area contributed by atoms with Crippen LogP contribution >= 0.6 is 11.6 Å². The summed E-state index contributed by atoms with van der Waals surface area (Å²) in [6.07, 6.45) is 3.87. The average Bonchev–Trinajstić information content (AvgIpc) is 3.40. The predicted molar refractivity (Wildman–Crippen MR) is 102 cm³/mol. The Balaban J connectivity index is 1.36. The van der Waals surface area contributed by atoms with Crippen molar-refractivity contribution in [2.45, 2.75) is 25.9 Å². The normalized spacial score (nSPS) is 14.5. The van der Waals surface area contributed by atoms with Gasteiger partial charge in [0.05, 0.1) is 13.1 Å². The fourth-order valence-corrected chi connectivity index (χ4v) is 3.39.